The van der Waals surface area contributed by atoms with Gasteiger partial charge < -0.3 is 11.1 Å². The molecular weight excluding hydrogens is 309 g/mol. The van der Waals surface area contributed by atoms with Crippen molar-refractivity contribution in [2.45, 2.75) is 0 Å². The predicted octanol–water partition coefficient (Wildman–Crippen LogP) is 3.88. The first-order chi connectivity index (χ1) is 8.99. The molecule has 0 saturated carbocycles. The zero-order chi connectivity index (χ0) is 14.0. The summed E-state index contributed by atoms with van der Waals surface area (Å²) in [4.78, 5) is 16.0. The fourth-order valence-corrected chi connectivity index (χ4v) is 1.90. The number of hydrogen-bond acceptors (Lipinski definition) is 3. The van der Waals surface area contributed by atoms with E-state index in [-0.39, 0.29) is 27.1 Å². The number of carbonyl (C=O) groups excluding carboxylic acids is 1. The molecule has 4 nitrogen and oxygen atoms in total. The first kappa shape index (κ1) is 13.9. The second-order valence-corrected chi connectivity index (χ2v) is 4.84. The molecule has 1 amide bonds. The molecule has 0 fully saturated rings. The predicted molar refractivity (Wildman–Crippen MR) is 78.1 cm³/mol. The van der Waals surface area contributed by atoms with E-state index in [1.807, 2.05) is 0 Å². The van der Waals surface area contributed by atoms with Crippen molar-refractivity contribution in [1.82, 2.24) is 4.98 Å². The highest BCUT2D eigenvalue weighted by molar-refractivity contribution is 6.44. The normalized spacial score (nSPS) is 10.3. The van der Waals surface area contributed by atoms with E-state index >= 15 is 0 Å². The first-order valence-corrected chi connectivity index (χ1v) is 6.29. The molecule has 98 valence electrons. The van der Waals surface area contributed by atoms with Crippen LogP contribution in [0.25, 0.3) is 0 Å². The molecule has 0 aliphatic carbocycles. The summed E-state index contributed by atoms with van der Waals surface area (Å²) in [6.45, 7) is 0. The summed E-state index contributed by atoms with van der Waals surface area (Å²) in [5.74, 6) is -0.162. The van der Waals surface area contributed by atoms with E-state index in [1.54, 1.807) is 12.1 Å². The Morgan fingerprint density at radius 2 is 1.95 bits per heavy atom. The highest BCUT2D eigenvalue weighted by atomic mass is 35.5. The number of amides is 1. The molecule has 2 aromatic rings. The van der Waals surface area contributed by atoms with Crippen molar-refractivity contribution < 1.29 is 4.79 Å². The fraction of sp³-hybridized carbons (Fsp3) is 0. The standard InChI is InChI=1S/C12H8Cl3N3O/c13-7-2-1-3-17-11(7)18-12(19)6-4-8(14)10(15)9(16)5-6/h1-5H,16H2,(H,17,18,19). The van der Waals surface area contributed by atoms with Crippen LogP contribution in [0.5, 0.6) is 0 Å². The number of halogens is 3. The van der Waals surface area contributed by atoms with Gasteiger partial charge in [-0.2, -0.15) is 0 Å². The van der Waals surface area contributed by atoms with Gasteiger partial charge in [-0.1, -0.05) is 34.8 Å². The van der Waals surface area contributed by atoms with Crippen LogP contribution in [0.4, 0.5) is 11.5 Å². The van der Waals surface area contributed by atoms with E-state index in [0.717, 1.165) is 0 Å². The number of benzene rings is 1. The van der Waals surface area contributed by atoms with Gasteiger partial charge in [0.15, 0.2) is 5.82 Å². The number of nitrogens with one attached hydrogen (secondary N) is 1. The second kappa shape index (κ2) is 5.65. The molecule has 0 spiro atoms. The Bertz CT molecular complexity index is 623. The van der Waals surface area contributed by atoms with Gasteiger partial charge in [-0.05, 0) is 24.3 Å². The van der Waals surface area contributed by atoms with E-state index in [2.05, 4.69) is 10.3 Å². The zero-order valence-corrected chi connectivity index (χ0v) is 11.7. The summed E-state index contributed by atoms with van der Waals surface area (Å²) in [6, 6.07) is 6.13. The van der Waals surface area contributed by atoms with Crippen molar-refractivity contribution in [3.05, 3.63) is 51.1 Å². The largest absolute Gasteiger partial charge is 0.397 e. The molecule has 0 aliphatic rings. The van der Waals surface area contributed by atoms with Crippen molar-refractivity contribution in [2.24, 2.45) is 0 Å². The molecule has 19 heavy (non-hydrogen) atoms. The van der Waals surface area contributed by atoms with Crippen LogP contribution in [-0.2, 0) is 0 Å². The number of nitrogen functional groups attached to an aromatic ring is 1. The molecule has 3 N–H and O–H groups in total. The van der Waals surface area contributed by atoms with E-state index < -0.39 is 5.91 Å². The highest BCUT2D eigenvalue weighted by Gasteiger charge is 2.13. The zero-order valence-electron chi connectivity index (χ0n) is 9.45. The van der Waals surface area contributed by atoms with Gasteiger partial charge in [-0.15, -0.1) is 0 Å². The Kier molecular flexibility index (Phi) is 4.14. The maximum Gasteiger partial charge on any atom is 0.256 e. The lowest BCUT2D eigenvalue weighted by Crippen LogP contribution is -2.13. The first-order valence-electron chi connectivity index (χ1n) is 5.15. The van der Waals surface area contributed by atoms with Gasteiger partial charge in [0.2, 0.25) is 0 Å². The quantitative estimate of drug-likeness (QED) is 0.826. The number of aromatic nitrogens is 1. The minimum Gasteiger partial charge on any atom is -0.397 e. The minimum absolute atomic E-state index is 0.207. The average Bonchev–Trinajstić information content (AvgIpc) is 2.38. The maximum absolute atomic E-state index is 12.0. The molecule has 0 radical (unpaired) electrons. The van der Waals surface area contributed by atoms with Crippen LogP contribution < -0.4 is 11.1 Å². The second-order valence-electron chi connectivity index (χ2n) is 3.65. The van der Waals surface area contributed by atoms with Crippen LogP contribution >= 0.6 is 34.8 Å². The number of anilines is 2. The highest BCUT2D eigenvalue weighted by Crippen LogP contribution is 2.29. The monoisotopic (exact) mass is 315 g/mol. The van der Waals surface area contributed by atoms with Gasteiger partial charge in [0.05, 0.1) is 20.8 Å². The van der Waals surface area contributed by atoms with Crippen LogP contribution in [0.2, 0.25) is 15.1 Å². The number of carbonyl (C=O) groups is 1. The Morgan fingerprint density at radius 3 is 2.58 bits per heavy atom. The van der Waals surface area contributed by atoms with E-state index in [4.69, 9.17) is 40.5 Å². The Balaban J connectivity index is 2.28. The Morgan fingerprint density at radius 1 is 1.21 bits per heavy atom. The van der Waals surface area contributed by atoms with Crippen LogP contribution in [-0.4, -0.2) is 10.9 Å². The van der Waals surface area contributed by atoms with Gasteiger partial charge in [-0.25, -0.2) is 4.98 Å². The number of nitrogens with zero attached hydrogens (tertiary/aromatic N) is 1. The molecule has 2 rings (SSSR count). The lowest BCUT2D eigenvalue weighted by Gasteiger charge is -2.08. The van der Waals surface area contributed by atoms with Gasteiger partial charge in [-0.3, -0.25) is 4.79 Å². The van der Waals surface area contributed by atoms with Gasteiger partial charge in [0.1, 0.15) is 0 Å². The molecule has 0 aliphatic heterocycles. The van der Waals surface area contributed by atoms with Crippen molar-refractivity contribution in [1.29, 1.82) is 0 Å². The summed E-state index contributed by atoms with van der Waals surface area (Å²) in [6.07, 6.45) is 1.52. The van der Waals surface area contributed by atoms with Crippen molar-refractivity contribution in [2.75, 3.05) is 11.1 Å². The summed E-state index contributed by atoms with van der Waals surface area (Å²) in [7, 11) is 0. The number of nitrogens with two attached hydrogens (primary N) is 1. The van der Waals surface area contributed by atoms with Crippen molar-refractivity contribution in [3.8, 4) is 0 Å². The maximum atomic E-state index is 12.0. The molecule has 1 heterocycles. The molecule has 0 saturated heterocycles. The number of pyridine rings is 1. The third-order valence-corrected chi connectivity index (χ3v) is 3.43. The number of rotatable bonds is 2. The summed E-state index contributed by atoms with van der Waals surface area (Å²) < 4.78 is 0. The Labute approximate surface area is 124 Å². The smallest absolute Gasteiger partial charge is 0.256 e. The van der Waals surface area contributed by atoms with Gasteiger partial charge >= 0.3 is 0 Å². The van der Waals surface area contributed by atoms with Crippen LogP contribution in [0.1, 0.15) is 10.4 Å². The molecule has 0 atom stereocenters. The molecule has 1 aromatic heterocycles. The third kappa shape index (κ3) is 3.10. The van der Waals surface area contributed by atoms with Gasteiger partial charge in [0, 0.05) is 11.8 Å². The average molecular weight is 317 g/mol. The molecule has 1 aromatic carbocycles. The lowest BCUT2D eigenvalue weighted by atomic mass is 10.2. The van der Waals surface area contributed by atoms with E-state index in [1.165, 1.54) is 18.3 Å². The molecule has 0 unspecified atom stereocenters. The minimum atomic E-state index is -0.425. The molecule has 7 heteroatoms. The Hall–Kier alpha value is -1.49. The topological polar surface area (TPSA) is 68.0 Å². The van der Waals surface area contributed by atoms with Gasteiger partial charge in [0.25, 0.3) is 5.91 Å². The van der Waals surface area contributed by atoms with Crippen LogP contribution in [0, 0.1) is 0 Å². The number of hydrogen-bond donors (Lipinski definition) is 2. The molecule has 0 bridgehead atoms. The van der Waals surface area contributed by atoms with Crippen LogP contribution in [0.3, 0.4) is 0 Å². The van der Waals surface area contributed by atoms with Crippen LogP contribution in [0.15, 0.2) is 30.5 Å². The summed E-state index contributed by atoms with van der Waals surface area (Å²) >= 11 is 17.6. The van der Waals surface area contributed by atoms with E-state index in [0.29, 0.717) is 5.02 Å². The van der Waals surface area contributed by atoms with E-state index in [9.17, 15) is 4.79 Å². The summed E-state index contributed by atoms with van der Waals surface area (Å²) in [5.41, 5.74) is 6.14. The van der Waals surface area contributed by atoms with Crippen molar-refractivity contribution in [3.63, 3.8) is 0 Å². The SMILES string of the molecule is Nc1cc(C(=O)Nc2ncccc2Cl)cc(Cl)c1Cl. The van der Waals surface area contributed by atoms with Crippen molar-refractivity contribution >= 4 is 52.2 Å². The summed E-state index contributed by atoms with van der Waals surface area (Å²) in [5, 5.41) is 3.32. The lowest BCUT2D eigenvalue weighted by molar-refractivity contribution is 0.102. The molecular formula is C12H8Cl3N3O. The third-order valence-electron chi connectivity index (χ3n) is 2.31. The fourth-order valence-electron chi connectivity index (χ4n) is 1.40.